The second kappa shape index (κ2) is 2.64. The molecule has 1 aromatic rings. The quantitative estimate of drug-likeness (QED) is 0.458. The van der Waals surface area contributed by atoms with Gasteiger partial charge in [-0.25, -0.2) is 0 Å². The predicted octanol–water partition coefficient (Wildman–Crippen LogP) is 0.296. The number of hydrogen-bond acceptors (Lipinski definition) is 2. The van der Waals surface area contributed by atoms with Gasteiger partial charge in [-0.2, -0.15) is 0 Å². The van der Waals surface area contributed by atoms with Gasteiger partial charge in [0.1, 0.15) is 0 Å². The van der Waals surface area contributed by atoms with Crippen molar-refractivity contribution >= 4 is 40.0 Å². The van der Waals surface area contributed by atoms with Crippen molar-refractivity contribution in [1.29, 1.82) is 0 Å². The number of halogens is 1. The van der Waals surface area contributed by atoms with E-state index >= 15 is 0 Å². The van der Waals surface area contributed by atoms with Gasteiger partial charge in [-0.1, -0.05) is 15.9 Å². The summed E-state index contributed by atoms with van der Waals surface area (Å²) in [7, 11) is 2.01. The van der Waals surface area contributed by atoms with Gasteiger partial charge in [0.2, 0.25) is 0 Å². The van der Waals surface area contributed by atoms with E-state index in [4.69, 9.17) is 0 Å². The number of thiazole rings is 1. The van der Waals surface area contributed by atoms with Crippen LogP contribution in [0.2, 0.25) is 0 Å². The maximum Gasteiger partial charge on any atom is 0.177 e. The van der Waals surface area contributed by atoms with Gasteiger partial charge in [-0.05, 0) is 0 Å². The molecular weight excluding hydrogens is 185 g/mol. The summed E-state index contributed by atoms with van der Waals surface area (Å²) in [5.74, 6) is 0. The number of rotatable bonds is 1. The lowest BCUT2D eigenvalue weighted by molar-refractivity contribution is 1.41. The molecule has 8 heavy (non-hydrogen) atoms. The van der Waals surface area contributed by atoms with Crippen molar-refractivity contribution in [2.75, 3.05) is 0 Å². The van der Waals surface area contributed by atoms with Gasteiger partial charge in [0.25, 0.3) is 0 Å². The molecule has 0 spiro atoms. The molecule has 0 amide bonds. The Hall–Kier alpha value is 0.175. The van der Waals surface area contributed by atoms with E-state index in [1.807, 2.05) is 14.0 Å². The molecule has 1 rings (SSSR count). The molecule has 0 aromatic carbocycles. The Morgan fingerprint density at radius 2 is 2.62 bits per heavy atom. The van der Waals surface area contributed by atoms with Gasteiger partial charge in [0, 0.05) is 21.3 Å². The molecule has 0 saturated carbocycles. The molecule has 0 bridgehead atoms. The van der Waals surface area contributed by atoms with Gasteiger partial charge in [-0.15, -0.1) is 11.3 Å². The molecule has 0 N–H and O–H groups in total. The van der Waals surface area contributed by atoms with E-state index in [-0.39, 0.29) is 0 Å². The first-order valence-corrected chi connectivity index (χ1v) is 4.24. The molecule has 1 aromatic heterocycles. The van der Waals surface area contributed by atoms with Gasteiger partial charge in [0.05, 0.1) is 0 Å². The van der Waals surface area contributed by atoms with Crippen molar-refractivity contribution in [2.24, 2.45) is 0 Å². The van der Waals surface area contributed by atoms with E-state index in [0.29, 0.717) is 0 Å². The van der Waals surface area contributed by atoms with Crippen molar-refractivity contribution in [1.82, 2.24) is 4.98 Å². The zero-order valence-electron chi connectivity index (χ0n) is 4.52. The first-order valence-electron chi connectivity index (χ1n) is 2.30. The van der Waals surface area contributed by atoms with Crippen molar-refractivity contribution in [2.45, 2.75) is 5.33 Å². The summed E-state index contributed by atoms with van der Waals surface area (Å²) < 4.78 is 0. The number of hydrogen-bond donors (Lipinski definition) is 0. The first-order chi connectivity index (χ1) is 3.83. The Kier molecular flexibility index (Phi) is 2.08. The Balaban J connectivity index is 2.84. The van der Waals surface area contributed by atoms with Gasteiger partial charge in [-0.3, -0.25) is 4.98 Å². The summed E-state index contributed by atoms with van der Waals surface area (Å²) in [5, 5.41) is 0.929. The monoisotopic (exact) mass is 189 g/mol. The minimum Gasteiger partial charge on any atom is -0.261 e. The normalized spacial score (nSPS) is 9.62. The summed E-state index contributed by atoms with van der Waals surface area (Å²) >= 11 is 5.07. The smallest absolute Gasteiger partial charge is 0.177 e. The fraction of sp³-hybridized carbons (Fsp3) is 0.250. The summed E-state index contributed by atoms with van der Waals surface area (Å²) in [5.41, 5.74) is 0. The third-order valence-corrected chi connectivity index (χ3v) is 2.69. The molecular formula is C4H5BBrNS. The predicted molar refractivity (Wildman–Crippen MR) is 42.9 cm³/mol. The molecule has 1 nitrogen and oxygen atoms in total. The zero-order valence-corrected chi connectivity index (χ0v) is 6.92. The van der Waals surface area contributed by atoms with Gasteiger partial charge < -0.3 is 0 Å². The number of alkyl halides is 1. The van der Waals surface area contributed by atoms with E-state index < -0.39 is 0 Å². The van der Waals surface area contributed by atoms with Crippen LogP contribution in [-0.2, 0) is 5.33 Å². The fourth-order valence-electron chi connectivity index (χ4n) is 0.467. The lowest BCUT2D eigenvalue weighted by atomic mass is 10.2. The highest BCUT2D eigenvalue weighted by Gasteiger charge is 1.92. The number of aromatic nitrogens is 1. The molecule has 4 heteroatoms. The zero-order chi connectivity index (χ0) is 5.98. The molecule has 42 valence electrons. The number of nitrogens with zero attached hydrogens (tertiary/aromatic N) is 1. The van der Waals surface area contributed by atoms with Crippen LogP contribution >= 0.6 is 27.3 Å². The Morgan fingerprint density at radius 3 is 2.88 bits per heavy atom. The third kappa shape index (κ3) is 1.32. The standard InChI is InChI=1S/C4H5BBrNS/c5-4-7-2-3(1-6)8-4/h2H,1,5H2. The molecule has 0 saturated heterocycles. The molecule has 0 atom stereocenters. The Labute approximate surface area is 61.7 Å². The average molecular weight is 190 g/mol. The van der Waals surface area contributed by atoms with Gasteiger partial charge in [0.15, 0.2) is 7.85 Å². The molecule has 0 aliphatic heterocycles. The van der Waals surface area contributed by atoms with Crippen molar-refractivity contribution in [3.8, 4) is 0 Å². The largest absolute Gasteiger partial charge is 0.261 e. The maximum absolute atomic E-state index is 4.08. The van der Waals surface area contributed by atoms with E-state index in [0.717, 1.165) is 10.2 Å². The van der Waals surface area contributed by atoms with E-state index in [9.17, 15) is 0 Å². The lowest BCUT2D eigenvalue weighted by Crippen LogP contribution is -1.95. The first kappa shape index (κ1) is 6.30. The van der Waals surface area contributed by atoms with E-state index in [1.54, 1.807) is 11.3 Å². The fourth-order valence-corrected chi connectivity index (χ4v) is 1.60. The molecule has 0 aliphatic carbocycles. The molecule has 0 unspecified atom stereocenters. The highest BCUT2D eigenvalue weighted by Crippen LogP contribution is 2.06. The molecule has 1 heterocycles. The van der Waals surface area contributed by atoms with Crippen LogP contribution in [0.15, 0.2) is 6.20 Å². The second-order valence-electron chi connectivity index (χ2n) is 1.48. The second-order valence-corrected chi connectivity index (χ2v) is 3.36. The average Bonchev–Trinajstić information content (AvgIpc) is 2.14. The summed E-state index contributed by atoms with van der Waals surface area (Å²) in [4.78, 5) is 6.51. The Bertz CT molecular complexity index is 176. The molecule has 0 fully saturated rings. The van der Waals surface area contributed by atoms with Crippen LogP contribution in [0.1, 0.15) is 4.88 Å². The SMILES string of the molecule is Bc1ncc(CBr)s1. The third-order valence-electron chi connectivity index (χ3n) is 0.801. The van der Waals surface area contributed by atoms with Crippen LogP contribution in [0.4, 0.5) is 0 Å². The minimum absolute atomic E-state index is 0.929. The van der Waals surface area contributed by atoms with Crippen molar-refractivity contribution in [3.63, 3.8) is 0 Å². The summed E-state index contributed by atoms with van der Waals surface area (Å²) in [6.45, 7) is 0. The highest BCUT2D eigenvalue weighted by molar-refractivity contribution is 9.08. The van der Waals surface area contributed by atoms with Gasteiger partial charge >= 0.3 is 0 Å². The van der Waals surface area contributed by atoms with Crippen LogP contribution < -0.4 is 4.91 Å². The highest BCUT2D eigenvalue weighted by atomic mass is 79.9. The molecule has 0 radical (unpaired) electrons. The van der Waals surface area contributed by atoms with Crippen LogP contribution in [0, 0.1) is 0 Å². The Morgan fingerprint density at radius 1 is 1.88 bits per heavy atom. The maximum atomic E-state index is 4.08. The summed E-state index contributed by atoms with van der Waals surface area (Å²) in [6, 6.07) is 0. The summed E-state index contributed by atoms with van der Waals surface area (Å²) in [6.07, 6.45) is 1.90. The van der Waals surface area contributed by atoms with Crippen LogP contribution in [0.3, 0.4) is 0 Å². The topological polar surface area (TPSA) is 12.9 Å². The van der Waals surface area contributed by atoms with Crippen LogP contribution in [-0.4, -0.2) is 12.8 Å². The van der Waals surface area contributed by atoms with Crippen molar-refractivity contribution in [3.05, 3.63) is 11.1 Å². The van der Waals surface area contributed by atoms with Crippen LogP contribution in [0.5, 0.6) is 0 Å². The molecule has 0 aliphatic rings. The van der Waals surface area contributed by atoms with Crippen LogP contribution in [0.25, 0.3) is 0 Å². The minimum atomic E-state index is 0.929. The van der Waals surface area contributed by atoms with E-state index in [1.165, 1.54) is 4.88 Å². The lowest BCUT2D eigenvalue weighted by Gasteiger charge is -1.76. The van der Waals surface area contributed by atoms with Crippen molar-refractivity contribution < 1.29 is 0 Å². The van der Waals surface area contributed by atoms with E-state index in [2.05, 4.69) is 20.9 Å².